The van der Waals surface area contributed by atoms with Crippen molar-refractivity contribution in [1.29, 1.82) is 0 Å². The van der Waals surface area contributed by atoms with Crippen molar-refractivity contribution in [3.05, 3.63) is 34.9 Å². The van der Waals surface area contributed by atoms with Crippen LogP contribution in [0.25, 0.3) is 0 Å². The SMILES string of the molecule is CC(c1cccc(Cl)c1)N1CCC(N)C(C)(C)C1. The van der Waals surface area contributed by atoms with E-state index in [1.54, 1.807) is 0 Å². The highest BCUT2D eigenvalue weighted by Crippen LogP contribution is 2.33. The van der Waals surface area contributed by atoms with Gasteiger partial charge in [0.2, 0.25) is 0 Å². The van der Waals surface area contributed by atoms with Crippen LogP contribution >= 0.6 is 11.6 Å². The second-order valence-electron chi connectivity index (χ2n) is 6.09. The molecule has 0 aromatic heterocycles. The van der Waals surface area contributed by atoms with Crippen molar-refractivity contribution in [1.82, 2.24) is 4.90 Å². The van der Waals surface area contributed by atoms with Crippen LogP contribution in [0.5, 0.6) is 0 Å². The Hall–Kier alpha value is -0.570. The molecule has 0 bridgehead atoms. The molecular formula is C15H23ClN2. The molecule has 2 N–H and O–H groups in total. The van der Waals surface area contributed by atoms with Crippen LogP contribution in [0.4, 0.5) is 0 Å². The molecule has 100 valence electrons. The van der Waals surface area contributed by atoms with Gasteiger partial charge >= 0.3 is 0 Å². The minimum absolute atomic E-state index is 0.186. The van der Waals surface area contributed by atoms with E-state index < -0.39 is 0 Å². The Labute approximate surface area is 115 Å². The highest BCUT2D eigenvalue weighted by Gasteiger charge is 2.35. The predicted octanol–water partition coefficient (Wildman–Crippen LogP) is 3.46. The molecule has 0 aliphatic carbocycles. The van der Waals surface area contributed by atoms with Crippen molar-refractivity contribution in [2.24, 2.45) is 11.1 Å². The summed E-state index contributed by atoms with van der Waals surface area (Å²) < 4.78 is 0. The van der Waals surface area contributed by atoms with Gasteiger partial charge in [0.05, 0.1) is 0 Å². The summed E-state index contributed by atoms with van der Waals surface area (Å²) in [6.07, 6.45) is 1.07. The summed E-state index contributed by atoms with van der Waals surface area (Å²) in [5.74, 6) is 0. The zero-order chi connectivity index (χ0) is 13.3. The first kappa shape index (κ1) is 13.9. The van der Waals surface area contributed by atoms with Crippen molar-refractivity contribution in [3.8, 4) is 0 Å². The number of likely N-dealkylation sites (tertiary alicyclic amines) is 1. The molecule has 3 heteroatoms. The van der Waals surface area contributed by atoms with Gasteiger partial charge in [-0.15, -0.1) is 0 Å². The first-order valence-electron chi connectivity index (χ1n) is 6.65. The molecule has 2 nitrogen and oxygen atoms in total. The molecule has 1 aliphatic rings. The van der Waals surface area contributed by atoms with E-state index >= 15 is 0 Å². The molecule has 1 aromatic rings. The Bertz CT molecular complexity index is 417. The van der Waals surface area contributed by atoms with E-state index in [1.807, 2.05) is 12.1 Å². The Morgan fingerprint density at radius 1 is 1.44 bits per heavy atom. The average Bonchev–Trinajstić information content (AvgIpc) is 2.31. The Morgan fingerprint density at radius 3 is 2.78 bits per heavy atom. The normalized spacial score (nSPS) is 25.9. The number of piperidine rings is 1. The average molecular weight is 267 g/mol. The zero-order valence-electron chi connectivity index (χ0n) is 11.5. The molecule has 1 aliphatic heterocycles. The summed E-state index contributed by atoms with van der Waals surface area (Å²) in [6.45, 7) is 8.88. The number of hydrogen-bond donors (Lipinski definition) is 1. The predicted molar refractivity (Wildman–Crippen MR) is 77.8 cm³/mol. The van der Waals surface area contributed by atoms with Crippen LogP contribution in [0.1, 0.15) is 38.8 Å². The van der Waals surface area contributed by atoms with Gasteiger partial charge in [0.15, 0.2) is 0 Å². The smallest absolute Gasteiger partial charge is 0.0409 e. The van der Waals surface area contributed by atoms with Crippen LogP contribution in [-0.4, -0.2) is 24.0 Å². The minimum Gasteiger partial charge on any atom is -0.327 e. The number of nitrogens with zero attached hydrogens (tertiary/aromatic N) is 1. The van der Waals surface area contributed by atoms with Crippen molar-refractivity contribution in [2.75, 3.05) is 13.1 Å². The lowest BCUT2D eigenvalue weighted by atomic mass is 9.79. The van der Waals surface area contributed by atoms with Gasteiger partial charge in [0.25, 0.3) is 0 Å². The van der Waals surface area contributed by atoms with E-state index in [9.17, 15) is 0 Å². The van der Waals surface area contributed by atoms with Crippen molar-refractivity contribution < 1.29 is 0 Å². The van der Waals surface area contributed by atoms with Gasteiger partial charge < -0.3 is 5.73 Å². The maximum absolute atomic E-state index is 6.19. The van der Waals surface area contributed by atoms with Gasteiger partial charge in [-0.1, -0.05) is 37.6 Å². The van der Waals surface area contributed by atoms with E-state index in [-0.39, 0.29) is 5.41 Å². The third kappa shape index (κ3) is 2.87. The molecule has 2 unspecified atom stereocenters. The lowest BCUT2D eigenvalue weighted by Crippen LogP contribution is -2.52. The molecule has 2 atom stereocenters. The highest BCUT2D eigenvalue weighted by atomic mass is 35.5. The topological polar surface area (TPSA) is 29.3 Å². The monoisotopic (exact) mass is 266 g/mol. The molecule has 1 saturated heterocycles. The Balaban J connectivity index is 2.13. The summed E-state index contributed by atoms with van der Waals surface area (Å²) in [4.78, 5) is 2.51. The van der Waals surface area contributed by atoms with Crippen molar-refractivity contribution >= 4 is 11.6 Å². The van der Waals surface area contributed by atoms with Gasteiger partial charge in [-0.2, -0.15) is 0 Å². The van der Waals surface area contributed by atoms with Crippen LogP contribution in [-0.2, 0) is 0 Å². The summed E-state index contributed by atoms with van der Waals surface area (Å²) in [5.41, 5.74) is 7.66. The van der Waals surface area contributed by atoms with Crippen molar-refractivity contribution in [2.45, 2.75) is 39.3 Å². The maximum atomic E-state index is 6.19. The van der Waals surface area contributed by atoms with Crippen LogP contribution in [0.15, 0.2) is 24.3 Å². The largest absolute Gasteiger partial charge is 0.327 e. The van der Waals surface area contributed by atoms with Crippen molar-refractivity contribution in [3.63, 3.8) is 0 Å². The lowest BCUT2D eigenvalue weighted by molar-refractivity contribution is 0.0664. The molecule has 0 spiro atoms. The Morgan fingerprint density at radius 2 is 2.17 bits per heavy atom. The van der Waals surface area contributed by atoms with Gasteiger partial charge in [0.1, 0.15) is 0 Å². The highest BCUT2D eigenvalue weighted by molar-refractivity contribution is 6.30. The summed E-state index contributed by atoms with van der Waals surface area (Å²) in [7, 11) is 0. The molecule has 0 amide bonds. The second kappa shape index (κ2) is 5.20. The fourth-order valence-electron chi connectivity index (χ4n) is 2.72. The minimum atomic E-state index is 0.186. The van der Waals surface area contributed by atoms with Crippen LogP contribution < -0.4 is 5.73 Å². The zero-order valence-corrected chi connectivity index (χ0v) is 12.2. The van der Waals surface area contributed by atoms with Crippen LogP contribution in [0.2, 0.25) is 5.02 Å². The number of hydrogen-bond acceptors (Lipinski definition) is 2. The van der Waals surface area contributed by atoms with E-state index in [1.165, 1.54) is 5.56 Å². The molecule has 2 rings (SSSR count). The standard InChI is InChI=1S/C15H23ClN2/c1-11(12-5-4-6-13(16)9-12)18-8-7-14(17)15(2,3)10-18/h4-6,9,11,14H,7-8,10,17H2,1-3H3. The summed E-state index contributed by atoms with van der Waals surface area (Å²) >= 11 is 6.07. The van der Waals surface area contributed by atoms with Gasteiger partial charge in [0, 0.05) is 30.2 Å². The number of nitrogens with two attached hydrogens (primary N) is 1. The quantitative estimate of drug-likeness (QED) is 0.888. The first-order chi connectivity index (χ1) is 8.40. The summed E-state index contributed by atoms with van der Waals surface area (Å²) in [6, 6.07) is 8.87. The lowest BCUT2D eigenvalue weighted by Gasteiger charge is -2.45. The molecule has 1 heterocycles. The molecular weight excluding hydrogens is 244 g/mol. The van der Waals surface area contributed by atoms with E-state index in [0.29, 0.717) is 12.1 Å². The number of benzene rings is 1. The van der Waals surface area contributed by atoms with E-state index in [0.717, 1.165) is 24.5 Å². The van der Waals surface area contributed by atoms with Gasteiger partial charge in [-0.25, -0.2) is 0 Å². The first-order valence-corrected chi connectivity index (χ1v) is 7.03. The van der Waals surface area contributed by atoms with Crippen LogP contribution in [0.3, 0.4) is 0 Å². The molecule has 18 heavy (non-hydrogen) atoms. The number of halogens is 1. The van der Waals surface area contributed by atoms with Gasteiger partial charge in [-0.05, 0) is 36.5 Å². The van der Waals surface area contributed by atoms with E-state index in [2.05, 4.69) is 37.8 Å². The Kier molecular flexibility index (Phi) is 4.00. The third-order valence-electron chi connectivity index (χ3n) is 4.22. The maximum Gasteiger partial charge on any atom is 0.0409 e. The second-order valence-corrected chi connectivity index (χ2v) is 6.52. The number of rotatable bonds is 2. The van der Waals surface area contributed by atoms with Crippen LogP contribution in [0, 0.1) is 5.41 Å². The fraction of sp³-hybridized carbons (Fsp3) is 0.600. The summed E-state index contributed by atoms with van der Waals surface area (Å²) in [5, 5.41) is 0.812. The third-order valence-corrected chi connectivity index (χ3v) is 4.46. The van der Waals surface area contributed by atoms with Gasteiger partial charge in [-0.3, -0.25) is 4.90 Å². The molecule has 0 radical (unpaired) electrons. The molecule has 1 fully saturated rings. The molecule has 0 saturated carbocycles. The molecule has 1 aromatic carbocycles. The fourth-order valence-corrected chi connectivity index (χ4v) is 2.92. The van der Waals surface area contributed by atoms with E-state index in [4.69, 9.17) is 17.3 Å².